The molecule has 2 nitrogen and oxygen atoms in total. The van der Waals surface area contributed by atoms with Gasteiger partial charge in [-0.15, -0.1) is 23.2 Å². The van der Waals surface area contributed by atoms with Crippen LogP contribution < -0.4 is 0 Å². The minimum atomic E-state index is -1.28. The molecule has 0 spiro atoms. The molecule has 0 saturated heterocycles. The van der Waals surface area contributed by atoms with Crippen LogP contribution in [0.1, 0.15) is 39.5 Å². The quantitative estimate of drug-likeness (QED) is 0.357. The Morgan fingerprint density at radius 2 is 1.00 bits per heavy atom. The second kappa shape index (κ2) is 9.50. The average Bonchev–Trinajstić information content (AvgIpc) is 2.65. The summed E-state index contributed by atoms with van der Waals surface area (Å²) >= 11 is 13.1. The zero-order valence-electron chi connectivity index (χ0n) is 15.0. The molecular formula is C20H24Cl2O2S2. The van der Waals surface area contributed by atoms with Gasteiger partial charge in [0, 0.05) is 9.79 Å². The molecule has 2 aromatic carbocycles. The molecule has 0 N–H and O–H groups in total. The first kappa shape index (κ1) is 21.6. The molecule has 6 heteroatoms. The highest BCUT2D eigenvalue weighted by Crippen LogP contribution is 2.34. The van der Waals surface area contributed by atoms with Gasteiger partial charge >= 0.3 is 0 Å². The van der Waals surface area contributed by atoms with Gasteiger partial charge in [-0.25, -0.2) is 0 Å². The van der Waals surface area contributed by atoms with Gasteiger partial charge in [0.2, 0.25) is 0 Å². The van der Waals surface area contributed by atoms with Crippen molar-refractivity contribution in [3.8, 4) is 0 Å². The van der Waals surface area contributed by atoms with Gasteiger partial charge in [-0.1, -0.05) is 49.2 Å². The van der Waals surface area contributed by atoms with Crippen molar-refractivity contribution in [2.75, 3.05) is 0 Å². The van der Waals surface area contributed by atoms with E-state index in [-0.39, 0.29) is 0 Å². The lowest BCUT2D eigenvalue weighted by molar-refractivity contribution is 0.576. The van der Waals surface area contributed by atoms with Crippen molar-refractivity contribution in [1.29, 1.82) is 0 Å². The summed E-state index contributed by atoms with van der Waals surface area (Å²) in [6, 6.07) is 18.5. The number of benzene rings is 2. The Bertz CT molecular complexity index is 681. The summed E-state index contributed by atoms with van der Waals surface area (Å²) in [4.78, 5) is 1.47. The summed E-state index contributed by atoms with van der Waals surface area (Å²) < 4.78 is 23.6. The van der Waals surface area contributed by atoms with Crippen LogP contribution in [0.3, 0.4) is 0 Å². The van der Waals surface area contributed by atoms with E-state index in [9.17, 15) is 8.42 Å². The molecule has 142 valence electrons. The van der Waals surface area contributed by atoms with Crippen LogP contribution in [-0.4, -0.2) is 16.8 Å². The van der Waals surface area contributed by atoms with Crippen LogP contribution in [0, 0.1) is 0 Å². The molecule has 0 aromatic heterocycles. The first-order chi connectivity index (χ1) is 12.2. The van der Waals surface area contributed by atoms with E-state index in [0.29, 0.717) is 12.8 Å². The fraction of sp³-hybridized carbons (Fsp3) is 0.400. The molecular weight excluding hydrogens is 407 g/mol. The van der Waals surface area contributed by atoms with Crippen LogP contribution >= 0.6 is 23.2 Å². The van der Waals surface area contributed by atoms with Gasteiger partial charge in [0.15, 0.2) is 0 Å². The minimum absolute atomic E-state index is 0.598. The van der Waals surface area contributed by atoms with Gasteiger partial charge < -0.3 is 0 Å². The number of rotatable bonds is 9. The van der Waals surface area contributed by atoms with Gasteiger partial charge in [-0.3, -0.25) is 8.42 Å². The predicted octanol–water partition coefficient (Wildman–Crippen LogP) is 6.07. The Morgan fingerprint density at radius 1 is 0.692 bits per heavy atom. The van der Waals surface area contributed by atoms with Crippen LogP contribution in [0.15, 0.2) is 70.5 Å². The standard InChI is InChI=1S/C20H24Cl2O2S2/c1-19(21,25(23)17-11-5-3-6-12-17)15-9-10-16-20(2,22)26(24)18-13-7-4-8-14-18/h3-8,11-14H,9-10,15-16H2,1-2H3. The Labute approximate surface area is 171 Å². The van der Waals surface area contributed by atoms with E-state index in [1.54, 1.807) is 13.8 Å². The number of unbranched alkanes of at least 4 members (excludes halogenated alkanes) is 1. The third-order valence-electron chi connectivity index (χ3n) is 4.18. The van der Waals surface area contributed by atoms with E-state index in [0.717, 1.165) is 22.6 Å². The van der Waals surface area contributed by atoms with Crippen molar-refractivity contribution < 1.29 is 8.42 Å². The molecule has 0 saturated carbocycles. The Hall–Kier alpha value is -0.680. The zero-order valence-corrected chi connectivity index (χ0v) is 18.1. The third-order valence-corrected chi connectivity index (χ3v) is 8.76. The molecule has 0 amide bonds. The van der Waals surface area contributed by atoms with Gasteiger partial charge in [0.25, 0.3) is 0 Å². The van der Waals surface area contributed by atoms with Crippen molar-refractivity contribution >= 4 is 44.8 Å². The van der Waals surface area contributed by atoms with Crippen molar-refractivity contribution in [2.45, 2.75) is 57.7 Å². The Kier molecular flexibility index (Phi) is 7.90. The van der Waals surface area contributed by atoms with E-state index in [4.69, 9.17) is 23.2 Å². The normalized spacial score (nSPS) is 18.5. The van der Waals surface area contributed by atoms with E-state index >= 15 is 0 Å². The molecule has 0 aliphatic heterocycles. The van der Waals surface area contributed by atoms with Gasteiger partial charge in [0.05, 0.1) is 21.6 Å². The highest BCUT2D eigenvalue weighted by Gasteiger charge is 2.32. The molecule has 0 bridgehead atoms. The molecule has 4 atom stereocenters. The lowest BCUT2D eigenvalue weighted by Gasteiger charge is -2.24. The van der Waals surface area contributed by atoms with Gasteiger partial charge in [-0.2, -0.15) is 0 Å². The van der Waals surface area contributed by atoms with Crippen molar-refractivity contribution in [3.05, 3.63) is 60.7 Å². The van der Waals surface area contributed by atoms with E-state index in [2.05, 4.69) is 0 Å². The smallest absolute Gasteiger partial charge is 0.121 e. The van der Waals surface area contributed by atoms with Crippen LogP contribution in [-0.2, 0) is 21.6 Å². The van der Waals surface area contributed by atoms with Crippen LogP contribution in [0.4, 0.5) is 0 Å². The number of alkyl halides is 2. The molecule has 0 heterocycles. The largest absolute Gasteiger partial charge is 0.253 e. The monoisotopic (exact) mass is 430 g/mol. The molecule has 0 aliphatic carbocycles. The maximum atomic E-state index is 12.7. The highest BCUT2D eigenvalue weighted by molar-refractivity contribution is 7.88. The maximum Gasteiger partial charge on any atom is 0.121 e. The summed E-state index contributed by atoms with van der Waals surface area (Å²) in [5.41, 5.74) is 0. The summed E-state index contributed by atoms with van der Waals surface area (Å²) in [6.45, 7) is 3.61. The van der Waals surface area contributed by atoms with Crippen LogP contribution in [0.25, 0.3) is 0 Å². The number of halogens is 2. The first-order valence-electron chi connectivity index (χ1n) is 8.56. The van der Waals surface area contributed by atoms with Gasteiger partial charge in [-0.05, 0) is 51.0 Å². The number of hydrogen-bond acceptors (Lipinski definition) is 2. The molecule has 2 rings (SSSR count). The van der Waals surface area contributed by atoms with Crippen molar-refractivity contribution in [3.63, 3.8) is 0 Å². The van der Waals surface area contributed by atoms with E-state index in [1.807, 2.05) is 60.7 Å². The summed E-state index contributed by atoms with van der Waals surface area (Å²) in [5, 5.41) is 0. The van der Waals surface area contributed by atoms with Crippen molar-refractivity contribution in [1.82, 2.24) is 0 Å². The molecule has 0 radical (unpaired) electrons. The van der Waals surface area contributed by atoms with Crippen LogP contribution in [0.5, 0.6) is 0 Å². The fourth-order valence-electron chi connectivity index (χ4n) is 2.65. The van der Waals surface area contributed by atoms with E-state index in [1.165, 1.54) is 0 Å². The SMILES string of the molecule is CC(Cl)(CCCCC(C)(Cl)S(=O)c1ccccc1)S(=O)c1ccccc1. The Balaban J connectivity index is 1.87. The predicted molar refractivity (Wildman–Crippen MR) is 113 cm³/mol. The summed E-state index contributed by atoms with van der Waals surface area (Å²) in [6.07, 6.45) is 2.74. The third kappa shape index (κ3) is 5.91. The lowest BCUT2D eigenvalue weighted by Crippen LogP contribution is -2.25. The Morgan fingerprint density at radius 3 is 1.31 bits per heavy atom. The van der Waals surface area contributed by atoms with Crippen molar-refractivity contribution in [2.24, 2.45) is 0 Å². The average molecular weight is 431 g/mol. The minimum Gasteiger partial charge on any atom is -0.253 e. The zero-order chi connectivity index (χ0) is 19.2. The number of hydrogen-bond donors (Lipinski definition) is 0. The second-order valence-corrected chi connectivity index (χ2v) is 12.5. The molecule has 4 unspecified atom stereocenters. The highest BCUT2D eigenvalue weighted by atomic mass is 35.5. The topological polar surface area (TPSA) is 34.1 Å². The lowest BCUT2D eigenvalue weighted by atomic mass is 10.1. The van der Waals surface area contributed by atoms with E-state index < -0.39 is 30.0 Å². The molecule has 2 aromatic rings. The van der Waals surface area contributed by atoms with Gasteiger partial charge in [0.1, 0.15) is 8.41 Å². The summed E-state index contributed by atoms with van der Waals surface area (Å²) in [5.74, 6) is 0. The fourth-order valence-corrected chi connectivity index (χ4v) is 5.90. The maximum absolute atomic E-state index is 12.7. The molecule has 26 heavy (non-hydrogen) atoms. The first-order valence-corrected chi connectivity index (χ1v) is 11.6. The summed E-state index contributed by atoms with van der Waals surface area (Å²) in [7, 11) is -2.57. The second-order valence-electron chi connectivity index (χ2n) is 6.57. The molecule has 0 aliphatic rings. The van der Waals surface area contributed by atoms with Crippen LogP contribution in [0.2, 0.25) is 0 Å². The molecule has 0 fully saturated rings.